The fraction of sp³-hybridized carbons (Fsp3) is 0.158. The summed E-state index contributed by atoms with van der Waals surface area (Å²) >= 11 is 0.402. The van der Waals surface area contributed by atoms with E-state index in [9.17, 15) is 27.9 Å². The summed E-state index contributed by atoms with van der Waals surface area (Å²) < 4.78 is 41.3. The smallest absolute Gasteiger partial charge is 0.438 e. The van der Waals surface area contributed by atoms with Crippen LogP contribution < -0.4 is 0 Å². The van der Waals surface area contributed by atoms with E-state index >= 15 is 0 Å². The maximum Gasteiger partial charge on any atom is 0.438 e. The molecule has 2 aliphatic rings. The van der Waals surface area contributed by atoms with Crippen LogP contribution in [0.1, 0.15) is 12.0 Å². The molecule has 2 aromatic carbocycles. The van der Waals surface area contributed by atoms with Crippen molar-refractivity contribution in [2.75, 3.05) is 0 Å². The Hall–Kier alpha value is -3.18. The number of carbonyl (C=O) groups is 2. The molecular formula is C19H12F3N3O4S. The predicted octanol–water partition coefficient (Wildman–Crippen LogP) is 3.10. The molecule has 7 nitrogen and oxygen atoms in total. The zero-order valence-corrected chi connectivity index (χ0v) is 15.7. The SMILES string of the molecule is O=C(O)/C=C1\SC(N2N=C(c3ccc4ccccc4c3)CC2(O)C(F)(F)F)=NC1=O. The molecular weight excluding hydrogens is 423 g/mol. The molecule has 0 aliphatic carbocycles. The van der Waals surface area contributed by atoms with Crippen LogP contribution in [0.15, 0.2) is 63.5 Å². The highest BCUT2D eigenvalue weighted by Crippen LogP contribution is 2.44. The Morgan fingerprint density at radius 3 is 2.57 bits per heavy atom. The van der Waals surface area contributed by atoms with Crippen LogP contribution in [0, 0.1) is 0 Å². The number of rotatable bonds is 2. The monoisotopic (exact) mass is 435 g/mol. The Labute approximate surface area is 171 Å². The van der Waals surface area contributed by atoms with E-state index in [1.54, 1.807) is 30.3 Å². The van der Waals surface area contributed by atoms with E-state index in [0.717, 1.165) is 10.8 Å². The van der Waals surface area contributed by atoms with Crippen molar-refractivity contribution in [3.05, 3.63) is 59.0 Å². The number of carboxylic acid groups (broad SMARTS) is 1. The molecule has 0 bridgehead atoms. The van der Waals surface area contributed by atoms with E-state index in [1.807, 2.05) is 12.1 Å². The largest absolute Gasteiger partial charge is 0.478 e. The van der Waals surface area contributed by atoms with Crippen LogP contribution >= 0.6 is 11.8 Å². The number of hydrogen-bond acceptors (Lipinski definition) is 6. The van der Waals surface area contributed by atoms with Gasteiger partial charge in [0, 0.05) is 6.08 Å². The molecule has 0 fully saturated rings. The van der Waals surface area contributed by atoms with Gasteiger partial charge in [-0.15, -0.1) is 0 Å². The number of nitrogens with zero attached hydrogens (tertiary/aromatic N) is 3. The quantitative estimate of drug-likeness (QED) is 0.703. The van der Waals surface area contributed by atoms with Gasteiger partial charge in [0.1, 0.15) is 0 Å². The Kier molecular flexibility index (Phi) is 4.66. The fourth-order valence-corrected chi connectivity index (χ4v) is 3.99. The van der Waals surface area contributed by atoms with Gasteiger partial charge >= 0.3 is 12.1 Å². The fourth-order valence-electron chi connectivity index (χ4n) is 3.10. The van der Waals surface area contributed by atoms with E-state index in [0.29, 0.717) is 23.4 Å². The van der Waals surface area contributed by atoms with E-state index in [2.05, 4.69) is 10.1 Å². The Balaban J connectivity index is 1.76. The molecule has 1 amide bonds. The van der Waals surface area contributed by atoms with Crippen LogP contribution in [-0.2, 0) is 9.59 Å². The van der Waals surface area contributed by atoms with E-state index in [-0.39, 0.29) is 15.6 Å². The first-order chi connectivity index (χ1) is 14.1. The minimum absolute atomic E-state index is 0.0491. The highest BCUT2D eigenvalue weighted by Gasteiger charge is 2.63. The van der Waals surface area contributed by atoms with Crippen molar-refractivity contribution in [3.63, 3.8) is 0 Å². The summed E-state index contributed by atoms with van der Waals surface area (Å²) in [4.78, 5) is 25.7. The Morgan fingerprint density at radius 2 is 1.90 bits per heavy atom. The number of amidine groups is 1. The number of fused-ring (bicyclic) bond motifs is 1. The number of alkyl halides is 3. The number of amides is 1. The van der Waals surface area contributed by atoms with Crippen molar-refractivity contribution in [3.8, 4) is 0 Å². The molecule has 2 aliphatic heterocycles. The van der Waals surface area contributed by atoms with Crippen molar-refractivity contribution in [1.82, 2.24) is 5.01 Å². The molecule has 154 valence electrons. The number of carbonyl (C=O) groups excluding carboxylic acids is 1. The highest BCUT2D eigenvalue weighted by atomic mass is 32.2. The minimum atomic E-state index is -5.12. The van der Waals surface area contributed by atoms with Gasteiger partial charge < -0.3 is 10.2 Å². The normalized spacial score (nSPS) is 23.3. The predicted molar refractivity (Wildman–Crippen MR) is 104 cm³/mol. The zero-order chi connectivity index (χ0) is 21.7. The molecule has 2 aromatic rings. The zero-order valence-electron chi connectivity index (χ0n) is 14.9. The van der Waals surface area contributed by atoms with Crippen LogP contribution in [0.4, 0.5) is 13.2 Å². The Bertz CT molecular complexity index is 1180. The second-order valence-corrected chi connectivity index (χ2v) is 7.57. The number of aliphatic hydroxyl groups is 1. The lowest BCUT2D eigenvalue weighted by atomic mass is 9.98. The first kappa shape index (κ1) is 20.1. The lowest BCUT2D eigenvalue weighted by molar-refractivity contribution is -0.294. The first-order valence-electron chi connectivity index (χ1n) is 8.50. The molecule has 0 aromatic heterocycles. The average Bonchev–Trinajstić information content (AvgIpc) is 3.21. The van der Waals surface area contributed by atoms with Crippen LogP contribution in [0.25, 0.3) is 10.8 Å². The molecule has 2 N–H and O–H groups in total. The van der Waals surface area contributed by atoms with Crippen molar-refractivity contribution in [2.45, 2.75) is 18.3 Å². The number of thioether (sulfide) groups is 1. The van der Waals surface area contributed by atoms with Crippen molar-refractivity contribution < 1.29 is 33.0 Å². The molecule has 11 heteroatoms. The van der Waals surface area contributed by atoms with E-state index < -0.39 is 35.4 Å². The summed E-state index contributed by atoms with van der Waals surface area (Å²) in [7, 11) is 0. The third-order valence-electron chi connectivity index (χ3n) is 4.57. The van der Waals surface area contributed by atoms with Gasteiger partial charge in [0.2, 0.25) is 0 Å². The lowest BCUT2D eigenvalue weighted by Crippen LogP contribution is -2.56. The minimum Gasteiger partial charge on any atom is -0.478 e. The van der Waals surface area contributed by atoms with Crippen LogP contribution in [0.2, 0.25) is 0 Å². The van der Waals surface area contributed by atoms with Crippen molar-refractivity contribution >= 4 is 45.3 Å². The average molecular weight is 435 g/mol. The van der Waals surface area contributed by atoms with E-state index in [1.165, 1.54) is 0 Å². The summed E-state index contributed by atoms with van der Waals surface area (Å²) in [5, 5.41) is 24.5. The number of carboxylic acids is 1. The molecule has 30 heavy (non-hydrogen) atoms. The number of benzene rings is 2. The second-order valence-electron chi connectivity index (χ2n) is 6.56. The van der Waals surface area contributed by atoms with Gasteiger partial charge in [0.25, 0.3) is 11.6 Å². The highest BCUT2D eigenvalue weighted by molar-refractivity contribution is 8.18. The van der Waals surface area contributed by atoms with Crippen molar-refractivity contribution in [1.29, 1.82) is 0 Å². The van der Waals surface area contributed by atoms with Crippen LogP contribution in [-0.4, -0.2) is 49.9 Å². The van der Waals surface area contributed by atoms with Crippen molar-refractivity contribution in [2.24, 2.45) is 10.1 Å². The Morgan fingerprint density at radius 1 is 1.20 bits per heavy atom. The molecule has 4 rings (SSSR count). The molecule has 0 spiro atoms. The van der Waals surface area contributed by atoms with Gasteiger partial charge in [-0.3, -0.25) is 4.79 Å². The molecule has 1 unspecified atom stereocenters. The van der Waals surface area contributed by atoms with Gasteiger partial charge in [-0.2, -0.15) is 28.3 Å². The topological polar surface area (TPSA) is 103 Å². The molecule has 0 saturated heterocycles. The number of hydrogen-bond donors (Lipinski definition) is 2. The van der Waals surface area contributed by atoms with Crippen LogP contribution in [0.5, 0.6) is 0 Å². The molecule has 0 saturated carbocycles. The summed E-state index contributed by atoms with van der Waals surface area (Å²) in [5.74, 6) is -2.47. The summed E-state index contributed by atoms with van der Waals surface area (Å²) in [6.45, 7) is 0. The van der Waals surface area contributed by atoms with Gasteiger partial charge in [-0.25, -0.2) is 4.79 Å². The van der Waals surface area contributed by atoms with Gasteiger partial charge in [-0.05, 0) is 34.2 Å². The third kappa shape index (κ3) is 3.35. The van der Waals surface area contributed by atoms with Gasteiger partial charge in [0.05, 0.1) is 17.0 Å². The first-order valence-corrected chi connectivity index (χ1v) is 9.32. The van der Waals surface area contributed by atoms with E-state index in [4.69, 9.17) is 5.11 Å². The number of aliphatic carboxylic acids is 1. The molecule has 2 heterocycles. The summed E-state index contributed by atoms with van der Waals surface area (Å²) in [6.07, 6.45) is -5.47. The van der Waals surface area contributed by atoms with Crippen LogP contribution in [0.3, 0.4) is 0 Å². The third-order valence-corrected chi connectivity index (χ3v) is 5.53. The molecule has 0 radical (unpaired) electrons. The maximum atomic E-state index is 13.8. The summed E-state index contributed by atoms with van der Waals surface area (Å²) in [6, 6.07) is 12.2. The lowest BCUT2D eigenvalue weighted by Gasteiger charge is -2.33. The number of aliphatic imine (C=N–C) groups is 1. The van der Waals surface area contributed by atoms with Gasteiger partial charge in [-0.1, -0.05) is 36.4 Å². The number of halogens is 3. The molecule has 1 atom stereocenters. The summed E-state index contributed by atoms with van der Waals surface area (Å²) in [5.41, 5.74) is -3.11. The van der Waals surface area contributed by atoms with Gasteiger partial charge in [0.15, 0.2) is 5.17 Å². The maximum absolute atomic E-state index is 13.8. The number of hydrazone groups is 1. The second kappa shape index (κ2) is 6.96. The standard InChI is InChI=1S/C19H12F3N3O4S/c20-19(21,22)18(29)9-13(12-6-5-10-3-1-2-4-11(10)7-12)24-25(18)17-23-16(28)14(30-17)8-15(26)27/h1-8,29H,9H2,(H,26,27)/b14-8-.